The van der Waals surface area contributed by atoms with Gasteiger partial charge in [0.1, 0.15) is 0 Å². The predicted molar refractivity (Wildman–Crippen MR) is 75.8 cm³/mol. The normalized spacial score (nSPS) is 13.7. The minimum Gasteiger partial charge on any atom is -0.480 e. The molecule has 0 saturated heterocycles. The van der Waals surface area contributed by atoms with Crippen molar-refractivity contribution >= 4 is 17.7 Å². The van der Waals surface area contributed by atoms with Gasteiger partial charge in [-0.05, 0) is 24.5 Å². The molecule has 6 heteroatoms. The molecule has 0 saturated carbocycles. The number of carbonyl (C=O) groups excluding carboxylic acids is 1. The van der Waals surface area contributed by atoms with Crippen molar-refractivity contribution in [1.82, 2.24) is 5.32 Å². The van der Waals surface area contributed by atoms with Gasteiger partial charge in [0.25, 0.3) is 0 Å². The maximum atomic E-state index is 11.8. The average Bonchev–Trinajstić information content (AvgIpc) is 2.35. The lowest BCUT2D eigenvalue weighted by Crippen LogP contribution is -2.49. The number of benzene rings is 1. The highest BCUT2D eigenvalue weighted by atomic mass is 16.4. The van der Waals surface area contributed by atoms with E-state index in [-0.39, 0.29) is 5.92 Å². The van der Waals surface area contributed by atoms with Gasteiger partial charge in [-0.2, -0.15) is 0 Å². The highest BCUT2D eigenvalue weighted by molar-refractivity contribution is 5.93. The Morgan fingerprint density at radius 1 is 1.15 bits per heavy atom. The maximum Gasteiger partial charge on any atom is 0.328 e. The van der Waals surface area contributed by atoms with Crippen LogP contribution in [0.1, 0.15) is 32.3 Å². The zero-order valence-corrected chi connectivity index (χ0v) is 11.8. The van der Waals surface area contributed by atoms with Gasteiger partial charge in [-0.3, -0.25) is 0 Å². The van der Waals surface area contributed by atoms with Gasteiger partial charge in [-0.15, -0.1) is 0 Å². The number of hydrogen-bond donors (Lipinski definition) is 4. The summed E-state index contributed by atoms with van der Waals surface area (Å²) in [5.41, 5.74) is 1.57. The molecule has 0 bridgehead atoms. The molecule has 6 nitrogen and oxygen atoms in total. The summed E-state index contributed by atoms with van der Waals surface area (Å²) in [7, 11) is 0. The lowest BCUT2D eigenvalue weighted by Gasteiger charge is -2.19. The van der Waals surface area contributed by atoms with Gasteiger partial charge in [0.2, 0.25) is 0 Å². The van der Waals surface area contributed by atoms with Crippen LogP contribution in [-0.4, -0.2) is 34.4 Å². The Morgan fingerprint density at radius 3 is 2.25 bits per heavy atom. The van der Waals surface area contributed by atoms with Crippen LogP contribution < -0.4 is 10.6 Å². The van der Waals surface area contributed by atoms with E-state index in [1.54, 1.807) is 12.1 Å². The van der Waals surface area contributed by atoms with Crippen LogP contribution in [-0.2, 0) is 4.79 Å². The van der Waals surface area contributed by atoms with Gasteiger partial charge in [0.15, 0.2) is 6.04 Å². The second kappa shape index (κ2) is 6.91. The van der Waals surface area contributed by atoms with Crippen molar-refractivity contribution in [1.29, 1.82) is 0 Å². The number of carbonyl (C=O) groups is 2. The van der Waals surface area contributed by atoms with Crippen molar-refractivity contribution in [2.24, 2.45) is 0 Å². The van der Waals surface area contributed by atoms with Gasteiger partial charge in [-0.1, -0.05) is 32.0 Å². The summed E-state index contributed by atoms with van der Waals surface area (Å²) in [4.78, 5) is 22.7. The van der Waals surface area contributed by atoms with Crippen LogP contribution in [0, 0.1) is 0 Å². The SMILES string of the molecule is CC(C)c1ccccc1NC(=O)NC(C(=O)O)C(C)O. The van der Waals surface area contributed by atoms with E-state index in [1.165, 1.54) is 6.92 Å². The zero-order valence-electron chi connectivity index (χ0n) is 11.8. The fourth-order valence-corrected chi connectivity index (χ4v) is 1.80. The molecule has 0 radical (unpaired) electrons. The first-order chi connectivity index (χ1) is 9.32. The second-order valence-electron chi connectivity index (χ2n) is 4.90. The van der Waals surface area contributed by atoms with E-state index in [1.807, 2.05) is 26.0 Å². The largest absolute Gasteiger partial charge is 0.480 e. The van der Waals surface area contributed by atoms with Crippen molar-refractivity contribution in [2.75, 3.05) is 5.32 Å². The van der Waals surface area contributed by atoms with Crippen LogP contribution in [0.15, 0.2) is 24.3 Å². The zero-order chi connectivity index (χ0) is 15.3. The summed E-state index contributed by atoms with van der Waals surface area (Å²) in [5.74, 6) is -1.06. The van der Waals surface area contributed by atoms with Crippen LogP contribution in [0.25, 0.3) is 0 Å². The van der Waals surface area contributed by atoms with Crippen molar-refractivity contribution in [2.45, 2.75) is 38.8 Å². The van der Waals surface area contributed by atoms with E-state index >= 15 is 0 Å². The minimum absolute atomic E-state index is 0.221. The summed E-state index contributed by atoms with van der Waals surface area (Å²) in [6, 6.07) is 5.28. The Hall–Kier alpha value is -2.08. The third-order valence-electron chi connectivity index (χ3n) is 2.87. The highest BCUT2D eigenvalue weighted by Crippen LogP contribution is 2.23. The van der Waals surface area contributed by atoms with Crippen molar-refractivity contribution in [3.05, 3.63) is 29.8 Å². The monoisotopic (exact) mass is 280 g/mol. The number of aliphatic hydroxyl groups excluding tert-OH is 1. The Balaban J connectivity index is 2.79. The third kappa shape index (κ3) is 4.24. The molecule has 0 aliphatic carbocycles. The van der Waals surface area contributed by atoms with E-state index in [4.69, 9.17) is 5.11 Å². The molecule has 0 aromatic heterocycles. The number of amides is 2. The molecule has 1 aromatic carbocycles. The Bertz CT molecular complexity index is 486. The van der Waals surface area contributed by atoms with Gasteiger partial charge < -0.3 is 20.8 Å². The molecule has 2 atom stereocenters. The minimum atomic E-state index is -1.35. The smallest absolute Gasteiger partial charge is 0.328 e. The fourth-order valence-electron chi connectivity index (χ4n) is 1.80. The first-order valence-corrected chi connectivity index (χ1v) is 6.40. The number of para-hydroxylation sites is 1. The van der Waals surface area contributed by atoms with Gasteiger partial charge >= 0.3 is 12.0 Å². The summed E-state index contributed by atoms with van der Waals surface area (Å²) in [6.07, 6.45) is -1.18. The third-order valence-corrected chi connectivity index (χ3v) is 2.87. The van der Waals surface area contributed by atoms with Gasteiger partial charge in [0.05, 0.1) is 6.10 Å². The molecule has 0 aliphatic heterocycles. The molecule has 2 amide bonds. The van der Waals surface area contributed by atoms with E-state index in [9.17, 15) is 14.7 Å². The Labute approximate surface area is 117 Å². The van der Waals surface area contributed by atoms with Gasteiger partial charge in [-0.25, -0.2) is 9.59 Å². The molecule has 0 heterocycles. The van der Waals surface area contributed by atoms with Crippen molar-refractivity contribution in [3.8, 4) is 0 Å². The number of aliphatic carboxylic acids is 1. The highest BCUT2D eigenvalue weighted by Gasteiger charge is 2.25. The van der Waals surface area contributed by atoms with Crippen molar-refractivity contribution < 1.29 is 19.8 Å². The van der Waals surface area contributed by atoms with E-state index < -0.39 is 24.1 Å². The number of aliphatic hydroxyl groups is 1. The van der Waals surface area contributed by atoms with Gasteiger partial charge in [0, 0.05) is 5.69 Å². The number of nitrogens with one attached hydrogen (secondary N) is 2. The van der Waals surface area contributed by atoms with E-state index in [2.05, 4.69) is 10.6 Å². The molecular weight excluding hydrogens is 260 g/mol. The predicted octanol–water partition coefficient (Wildman–Crippen LogP) is 1.77. The molecule has 1 rings (SSSR count). The Kier molecular flexibility index (Phi) is 5.52. The molecule has 2 unspecified atom stereocenters. The second-order valence-corrected chi connectivity index (χ2v) is 4.90. The average molecular weight is 280 g/mol. The number of rotatable bonds is 5. The summed E-state index contributed by atoms with van der Waals surface area (Å²) in [6.45, 7) is 5.30. The topological polar surface area (TPSA) is 98.7 Å². The number of carboxylic acids is 1. The van der Waals surface area contributed by atoms with Crippen LogP contribution in [0.4, 0.5) is 10.5 Å². The molecule has 0 aliphatic rings. The lowest BCUT2D eigenvalue weighted by molar-refractivity contribution is -0.141. The maximum absolute atomic E-state index is 11.8. The number of anilines is 1. The number of carboxylic acid groups (broad SMARTS) is 1. The lowest BCUT2D eigenvalue weighted by atomic mass is 10.0. The molecule has 4 N–H and O–H groups in total. The van der Waals surface area contributed by atoms with E-state index in [0.29, 0.717) is 5.69 Å². The van der Waals surface area contributed by atoms with Crippen LogP contribution in [0.3, 0.4) is 0 Å². The van der Waals surface area contributed by atoms with Crippen LogP contribution in [0.2, 0.25) is 0 Å². The molecule has 20 heavy (non-hydrogen) atoms. The molecule has 0 spiro atoms. The number of hydrogen-bond acceptors (Lipinski definition) is 3. The molecule has 110 valence electrons. The fraction of sp³-hybridized carbons (Fsp3) is 0.429. The van der Waals surface area contributed by atoms with Crippen molar-refractivity contribution in [3.63, 3.8) is 0 Å². The van der Waals surface area contributed by atoms with Crippen LogP contribution in [0.5, 0.6) is 0 Å². The molecule has 0 fully saturated rings. The first kappa shape index (κ1) is 16.0. The standard InChI is InChI=1S/C14H20N2O4/c1-8(2)10-6-4-5-7-11(10)15-14(20)16-12(9(3)17)13(18)19/h4-9,12,17H,1-3H3,(H,18,19)(H2,15,16,20). The Morgan fingerprint density at radius 2 is 1.75 bits per heavy atom. The van der Waals surface area contributed by atoms with Crippen LogP contribution >= 0.6 is 0 Å². The summed E-state index contributed by atoms with van der Waals surface area (Å²) >= 11 is 0. The summed E-state index contributed by atoms with van der Waals surface area (Å²) < 4.78 is 0. The van der Waals surface area contributed by atoms with E-state index in [0.717, 1.165) is 5.56 Å². The number of urea groups is 1. The first-order valence-electron chi connectivity index (χ1n) is 6.40. The molecular formula is C14H20N2O4. The molecule has 1 aromatic rings. The quantitative estimate of drug-likeness (QED) is 0.660. The summed E-state index contributed by atoms with van der Waals surface area (Å²) in [5, 5.41) is 23.1.